The van der Waals surface area contributed by atoms with Crippen LogP contribution in [-0.4, -0.2) is 18.9 Å². The Bertz CT molecular complexity index is 680. The molecular weight excluding hydrogens is 301 g/mol. The molecule has 0 bridgehead atoms. The van der Waals surface area contributed by atoms with Crippen LogP contribution in [0, 0.1) is 24.4 Å². The zero-order valence-corrected chi connectivity index (χ0v) is 11.1. The highest BCUT2D eigenvalue weighted by Crippen LogP contribution is 2.33. The molecular formula is C11H9F3O5S. The van der Waals surface area contributed by atoms with E-state index in [9.17, 15) is 26.4 Å². The van der Waals surface area contributed by atoms with Crippen LogP contribution in [0.15, 0.2) is 17.0 Å². The van der Waals surface area contributed by atoms with Crippen LogP contribution in [0.2, 0.25) is 0 Å². The number of benzene rings is 1. The first kappa shape index (κ1) is 16.2. The third kappa shape index (κ3) is 2.83. The van der Waals surface area contributed by atoms with Crippen molar-refractivity contribution in [3.63, 3.8) is 0 Å². The number of hydrogen-bond donors (Lipinski definition) is 1. The van der Waals surface area contributed by atoms with Crippen molar-refractivity contribution in [3.05, 3.63) is 35.2 Å². The van der Waals surface area contributed by atoms with Gasteiger partial charge in [-0.2, -0.15) is 12.8 Å². The zero-order valence-electron chi connectivity index (χ0n) is 10.3. The lowest BCUT2D eigenvalue weighted by molar-refractivity contribution is -0.130. The Kier molecular flexibility index (Phi) is 4.25. The first-order chi connectivity index (χ1) is 8.98. The smallest absolute Gasteiger partial charge is 0.338 e. The standard InChI is InChI=1S/C11H9F3O5S/c1-4(2)11(15)19-9-6(12)5(3)10(20(16,17)18)8(14)7(9)13/h1H2,2-3H3,(H,16,17,18). The number of ether oxygens (including phenoxy) is 1. The molecule has 1 N–H and O–H groups in total. The number of halogens is 3. The molecule has 110 valence electrons. The maximum absolute atomic E-state index is 13.8. The van der Waals surface area contributed by atoms with Crippen LogP contribution >= 0.6 is 0 Å². The van der Waals surface area contributed by atoms with Gasteiger partial charge in [0.2, 0.25) is 11.6 Å². The van der Waals surface area contributed by atoms with Crippen molar-refractivity contribution in [3.8, 4) is 5.75 Å². The van der Waals surface area contributed by atoms with E-state index in [1.165, 1.54) is 6.92 Å². The predicted molar refractivity (Wildman–Crippen MR) is 61.3 cm³/mol. The van der Waals surface area contributed by atoms with Crippen molar-refractivity contribution in [2.45, 2.75) is 18.7 Å². The Labute approximate surface area is 112 Å². The van der Waals surface area contributed by atoms with Crippen LogP contribution in [0.25, 0.3) is 0 Å². The van der Waals surface area contributed by atoms with Gasteiger partial charge in [0.25, 0.3) is 10.1 Å². The van der Waals surface area contributed by atoms with Gasteiger partial charge in [-0.1, -0.05) is 6.58 Å². The lowest BCUT2D eigenvalue weighted by Crippen LogP contribution is -2.15. The van der Waals surface area contributed by atoms with Crippen molar-refractivity contribution in [2.75, 3.05) is 0 Å². The Morgan fingerprint density at radius 3 is 2.10 bits per heavy atom. The number of hydrogen-bond acceptors (Lipinski definition) is 4. The normalized spacial score (nSPS) is 11.3. The summed E-state index contributed by atoms with van der Waals surface area (Å²) in [4.78, 5) is 9.62. The molecule has 0 amide bonds. The molecule has 9 heteroatoms. The summed E-state index contributed by atoms with van der Waals surface area (Å²) in [5.74, 6) is -8.33. The van der Waals surface area contributed by atoms with E-state index in [-0.39, 0.29) is 5.57 Å². The fraction of sp³-hybridized carbons (Fsp3) is 0.182. The number of carbonyl (C=O) groups is 1. The van der Waals surface area contributed by atoms with Gasteiger partial charge in [0, 0.05) is 11.1 Å². The highest BCUT2D eigenvalue weighted by Gasteiger charge is 2.31. The molecule has 0 heterocycles. The molecule has 0 unspecified atom stereocenters. The highest BCUT2D eigenvalue weighted by molar-refractivity contribution is 7.85. The van der Waals surface area contributed by atoms with Crippen LogP contribution in [0.5, 0.6) is 5.75 Å². The van der Waals surface area contributed by atoms with Crippen molar-refractivity contribution in [1.82, 2.24) is 0 Å². The lowest BCUT2D eigenvalue weighted by Gasteiger charge is -2.12. The Hall–Kier alpha value is -1.87. The summed E-state index contributed by atoms with van der Waals surface area (Å²) >= 11 is 0. The predicted octanol–water partition coefficient (Wildman–Crippen LogP) is 2.14. The first-order valence-corrected chi connectivity index (χ1v) is 6.44. The molecule has 20 heavy (non-hydrogen) atoms. The molecule has 0 saturated heterocycles. The van der Waals surface area contributed by atoms with Gasteiger partial charge in [-0.15, -0.1) is 0 Å². The van der Waals surface area contributed by atoms with Crippen LogP contribution in [-0.2, 0) is 14.9 Å². The summed E-state index contributed by atoms with van der Waals surface area (Å²) < 4.78 is 75.6. The minimum absolute atomic E-state index is 0.208. The van der Waals surface area contributed by atoms with Crippen molar-refractivity contribution in [1.29, 1.82) is 0 Å². The molecule has 1 rings (SSSR count). The summed E-state index contributed by atoms with van der Waals surface area (Å²) in [7, 11) is -5.18. The second-order valence-corrected chi connectivity index (χ2v) is 5.23. The molecule has 0 aromatic heterocycles. The Morgan fingerprint density at radius 1 is 1.20 bits per heavy atom. The third-order valence-electron chi connectivity index (χ3n) is 2.26. The Balaban J connectivity index is 3.61. The molecule has 0 atom stereocenters. The molecule has 0 radical (unpaired) electrons. The topological polar surface area (TPSA) is 80.7 Å². The fourth-order valence-electron chi connectivity index (χ4n) is 1.31. The van der Waals surface area contributed by atoms with Crippen LogP contribution in [0.1, 0.15) is 12.5 Å². The van der Waals surface area contributed by atoms with E-state index in [1.807, 2.05) is 0 Å². The minimum atomic E-state index is -5.18. The van der Waals surface area contributed by atoms with E-state index >= 15 is 0 Å². The second-order valence-electron chi connectivity index (χ2n) is 3.87. The second kappa shape index (κ2) is 5.25. The molecule has 1 aromatic rings. The van der Waals surface area contributed by atoms with Crippen molar-refractivity contribution in [2.24, 2.45) is 0 Å². The van der Waals surface area contributed by atoms with E-state index in [1.54, 1.807) is 0 Å². The van der Waals surface area contributed by atoms with E-state index in [0.717, 1.165) is 6.92 Å². The SMILES string of the molecule is C=C(C)C(=O)Oc1c(F)c(C)c(S(=O)(=O)O)c(F)c1F. The summed E-state index contributed by atoms with van der Waals surface area (Å²) in [5.41, 5.74) is -1.13. The summed E-state index contributed by atoms with van der Waals surface area (Å²) in [5, 5.41) is 0. The van der Waals surface area contributed by atoms with Crippen molar-refractivity contribution < 1.29 is 35.7 Å². The average Bonchev–Trinajstić information content (AvgIpc) is 2.30. The van der Waals surface area contributed by atoms with Gasteiger partial charge in [0.15, 0.2) is 11.6 Å². The summed E-state index contributed by atoms with van der Waals surface area (Å²) in [6.45, 7) is 5.13. The van der Waals surface area contributed by atoms with E-state index in [2.05, 4.69) is 11.3 Å². The van der Waals surface area contributed by atoms with Gasteiger partial charge in [-0.25, -0.2) is 13.6 Å². The molecule has 0 spiro atoms. The zero-order chi connectivity index (χ0) is 15.8. The molecule has 0 aliphatic rings. The van der Waals surface area contributed by atoms with Gasteiger partial charge in [0.05, 0.1) is 0 Å². The third-order valence-corrected chi connectivity index (χ3v) is 3.26. The maximum Gasteiger partial charge on any atom is 0.338 e. The molecule has 0 fully saturated rings. The monoisotopic (exact) mass is 310 g/mol. The van der Waals surface area contributed by atoms with Gasteiger partial charge in [0.1, 0.15) is 4.90 Å². The molecule has 1 aromatic carbocycles. The number of carbonyl (C=O) groups excluding carboxylic acids is 1. The van der Waals surface area contributed by atoms with E-state index in [0.29, 0.717) is 0 Å². The number of esters is 1. The van der Waals surface area contributed by atoms with E-state index in [4.69, 9.17) is 4.55 Å². The van der Waals surface area contributed by atoms with Crippen LogP contribution in [0.4, 0.5) is 13.2 Å². The summed E-state index contributed by atoms with van der Waals surface area (Å²) in [6.07, 6.45) is 0. The largest absolute Gasteiger partial charge is 0.417 e. The number of rotatable bonds is 3. The molecule has 0 aliphatic carbocycles. The molecule has 0 aliphatic heterocycles. The van der Waals surface area contributed by atoms with E-state index < -0.39 is 49.7 Å². The first-order valence-electron chi connectivity index (χ1n) is 5.00. The quantitative estimate of drug-likeness (QED) is 0.304. The lowest BCUT2D eigenvalue weighted by atomic mass is 10.2. The van der Waals surface area contributed by atoms with Gasteiger partial charge >= 0.3 is 5.97 Å². The van der Waals surface area contributed by atoms with Crippen LogP contribution in [0.3, 0.4) is 0 Å². The van der Waals surface area contributed by atoms with Gasteiger partial charge < -0.3 is 4.74 Å². The molecule has 5 nitrogen and oxygen atoms in total. The van der Waals surface area contributed by atoms with Crippen LogP contribution < -0.4 is 4.74 Å². The van der Waals surface area contributed by atoms with Crippen molar-refractivity contribution >= 4 is 16.1 Å². The fourth-order valence-corrected chi connectivity index (χ4v) is 2.10. The average molecular weight is 310 g/mol. The molecule has 0 saturated carbocycles. The summed E-state index contributed by atoms with van der Waals surface area (Å²) in [6, 6.07) is 0. The maximum atomic E-state index is 13.8. The Morgan fingerprint density at radius 2 is 1.70 bits per heavy atom. The van der Waals surface area contributed by atoms with Gasteiger partial charge in [-0.3, -0.25) is 4.55 Å². The van der Waals surface area contributed by atoms with Gasteiger partial charge in [-0.05, 0) is 13.8 Å². The highest BCUT2D eigenvalue weighted by atomic mass is 32.2. The minimum Gasteiger partial charge on any atom is -0.417 e.